The number of nitrogens with zero attached hydrogens (tertiary/aromatic N) is 1. The number of nitrogens with one attached hydrogen (secondary N) is 1. The third-order valence-corrected chi connectivity index (χ3v) is 6.54. The van der Waals surface area contributed by atoms with Gasteiger partial charge in [0, 0.05) is 23.0 Å². The Kier molecular flexibility index (Phi) is 5.22. The summed E-state index contributed by atoms with van der Waals surface area (Å²) in [6.07, 6.45) is 0.777. The van der Waals surface area contributed by atoms with Gasteiger partial charge < -0.3 is 9.64 Å². The van der Waals surface area contributed by atoms with Crippen molar-refractivity contribution in [3.8, 4) is 5.75 Å². The highest BCUT2D eigenvalue weighted by Crippen LogP contribution is 2.33. The van der Waals surface area contributed by atoms with E-state index < -0.39 is 10.0 Å². The number of anilines is 2. The van der Waals surface area contributed by atoms with E-state index in [1.165, 1.54) is 12.1 Å². The number of rotatable bonds is 5. The van der Waals surface area contributed by atoms with Crippen LogP contribution in [0.25, 0.3) is 0 Å². The lowest BCUT2D eigenvalue weighted by Gasteiger charge is -2.23. The second-order valence-corrected chi connectivity index (χ2v) is 8.90. The van der Waals surface area contributed by atoms with Gasteiger partial charge in [-0.25, -0.2) is 8.42 Å². The Bertz CT molecular complexity index is 1190. The van der Waals surface area contributed by atoms with Gasteiger partial charge in [-0.3, -0.25) is 9.52 Å². The monoisotopic (exact) mass is 422 g/mol. The van der Waals surface area contributed by atoms with Gasteiger partial charge in [0.2, 0.25) is 0 Å². The van der Waals surface area contributed by atoms with Crippen LogP contribution >= 0.6 is 0 Å². The zero-order chi connectivity index (χ0) is 21.3. The van der Waals surface area contributed by atoms with E-state index in [0.717, 1.165) is 17.7 Å². The number of fused-ring (bicyclic) bond motifs is 1. The molecular formula is C23H22N2O4S. The second-order valence-electron chi connectivity index (χ2n) is 7.22. The minimum absolute atomic E-state index is 0.00703. The molecule has 0 aromatic heterocycles. The van der Waals surface area contributed by atoms with Crippen LogP contribution in [0.4, 0.5) is 11.4 Å². The van der Waals surface area contributed by atoms with Gasteiger partial charge in [-0.2, -0.15) is 0 Å². The fourth-order valence-electron chi connectivity index (χ4n) is 3.68. The first-order valence-corrected chi connectivity index (χ1v) is 11.1. The standard InChI is InChI=1S/C23H22N2O4S/c1-16-14-17-6-3-4-9-22(17)25(16)23(26)18-7-5-8-21(15-18)30(27,28)24-19-10-12-20(29-2)13-11-19/h3-13,15-16,24H,14H2,1-2H3. The van der Waals surface area contributed by atoms with Crippen molar-refractivity contribution in [2.75, 3.05) is 16.7 Å². The van der Waals surface area contributed by atoms with Crippen LogP contribution in [0, 0.1) is 0 Å². The van der Waals surface area contributed by atoms with Crippen molar-refractivity contribution >= 4 is 27.3 Å². The molecule has 1 aliphatic heterocycles. The molecule has 1 aliphatic rings. The topological polar surface area (TPSA) is 75.7 Å². The molecule has 0 saturated carbocycles. The maximum Gasteiger partial charge on any atom is 0.261 e. The van der Waals surface area contributed by atoms with E-state index in [1.807, 2.05) is 31.2 Å². The number of ether oxygens (including phenoxy) is 1. The fourth-order valence-corrected chi connectivity index (χ4v) is 4.79. The van der Waals surface area contributed by atoms with Gasteiger partial charge in [0.05, 0.1) is 12.0 Å². The average Bonchev–Trinajstić information content (AvgIpc) is 3.09. The summed E-state index contributed by atoms with van der Waals surface area (Å²) in [6.45, 7) is 1.99. The van der Waals surface area contributed by atoms with Crippen LogP contribution in [-0.4, -0.2) is 27.5 Å². The summed E-state index contributed by atoms with van der Waals surface area (Å²) in [6, 6.07) is 20.5. The maximum absolute atomic E-state index is 13.2. The smallest absolute Gasteiger partial charge is 0.261 e. The molecule has 0 fully saturated rings. The molecular weight excluding hydrogens is 400 g/mol. The molecule has 154 valence electrons. The number of carbonyl (C=O) groups is 1. The maximum atomic E-state index is 13.2. The Hall–Kier alpha value is -3.32. The van der Waals surface area contributed by atoms with E-state index in [0.29, 0.717) is 17.0 Å². The van der Waals surface area contributed by atoms with Gasteiger partial charge in [0.25, 0.3) is 15.9 Å². The Morgan fingerprint density at radius 2 is 1.77 bits per heavy atom. The minimum Gasteiger partial charge on any atom is -0.497 e. The van der Waals surface area contributed by atoms with Gasteiger partial charge in [0.1, 0.15) is 5.75 Å². The van der Waals surface area contributed by atoms with Crippen molar-refractivity contribution in [2.45, 2.75) is 24.3 Å². The largest absolute Gasteiger partial charge is 0.497 e. The molecule has 30 heavy (non-hydrogen) atoms. The number of hydrogen-bond acceptors (Lipinski definition) is 4. The molecule has 1 N–H and O–H groups in total. The molecule has 4 rings (SSSR count). The highest BCUT2D eigenvalue weighted by Gasteiger charge is 2.31. The van der Waals surface area contributed by atoms with Gasteiger partial charge in [-0.1, -0.05) is 24.3 Å². The normalized spacial score (nSPS) is 15.5. The van der Waals surface area contributed by atoms with E-state index in [2.05, 4.69) is 4.72 Å². The van der Waals surface area contributed by atoms with E-state index in [4.69, 9.17) is 4.74 Å². The molecule has 7 heteroatoms. The van der Waals surface area contributed by atoms with Crippen molar-refractivity contribution in [3.05, 3.63) is 83.9 Å². The number of amides is 1. The van der Waals surface area contributed by atoms with Crippen LogP contribution in [0.5, 0.6) is 5.75 Å². The first-order valence-electron chi connectivity index (χ1n) is 9.57. The average molecular weight is 423 g/mol. The van der Waals surface area contributed by atoms with Crippen molar-refractivity contribution < 1.29 is 17.9 Å². The summed E-state index contributed by atoms with van der Waals surface area (Å²) in [5.74, 6) is 0.416. The van der Waals surface area contributed by atoms with Crippen molar-refractivity contribution in [3.63, 3.8) is 0 Å². The van der Waals surface area contributed by atoms with Crippen LogP contribution in [0.15, 0.2) is 77.7 Å². The number of hydrogen-bond donors (Lipinski definition) is 1. The predicted molar refractivity (Wildman–Crippen MR) is 117 cm³/mol. The van der Waals surface area contributed by atoms with E-state index in [9.17, 15) is 13.2 Å². The summed E-state index contributed by atoms with van der Waals surface area (Å²) in [7, 11) is -2.31. The number of benzene rings is 3. The number of carbonyl (C=O) groups excluding carboxylic acids is 1. The third kappa shape index (κ3) is 3.76. The summed E-state index contributed by atoms with van der Waals surface area (Å²) in [5, 5.41) is 0. The van der Waals surface area contributed by atoms with E-state index in [1.54, 1.807) is 48.4 Å². The highest BCUT2D eigenvalue weighted by atomic mass is 32.2. The summed E-state index contributed by atoms with van der Waals surface area (Å²) in [4.78, 5) is 15.0. The van der Waals surface area contributed by atoms with Crippen LogP contribution < -0.4 is 14.4 Å². The van der Waals surface area contributed by atoms with Gasteiger partial charge in [-0.05, 0) is 67.4 Å². The predicted octanol–water partition coefficient (Wildman–Crippen LogP) is 4.09. The van der Waals surface area contributed by atoms with E-state index in [-0.39, 0.29) is 16.8 Å². The molecule has 0 aliphatic carbocycles. The molecule has 0 spiro atoms. The molecule has 0 radical (unpaired) electrons. The Morgan fingerprint density at radius 1 is 1.03 bits per heavy atom. The van der Waals surface area contributed by atoms with Crippen molar-refractivity contribution in [1.82, 2.24) is 0 Å². The number of methoxy groups -OCH3 is 1. The minimum atomic E-state index is -3.85. The van der Waals surface area contributed by atoms with E-state index >= 15 is 0 Å². The second kappa shape index (κ2) is 7.84. The molecule has 3 aromatic rings. The molecule has 0 saturated heterocycles. The Labute approximate surface area is 176 Å². The quantitative estimate of drug-likeness (QED) is 0.672. The molecule has 6 nitrogen and oxygen atoms in total. The van der Waals surface area contributed by atoms with Gasteiger partial charge in [-0.15, -0.1) is 0 Å². The van der Waals surface area contributed by atoms with Crippen LogP contribution in [0.2, 0.25) is 0 Å². The van der Waals surface area contributed by atoms with Crippen LogP contribution in [0.3, 0.4) is 0 Å². The van der Waals surface area contributed by atoms with Gasteiger partial charge >= 0.3 is 0 Å². The summed E-state index contributed by atoms with van der Waals surface area (Å²) >= 11 is 0. The highest BCUT2D eigenvalue weighted by molar-refractivity contribution is 7.92. The Balaban J connectivity index is 1.61. The fraction of sp³-hybridized carbons (Fsp3) is 0.174. The molecule has 1 unspecified atom stereocenters. The van der Waals surface area contributed by atoms with Crippen molar-refractivity contribution in [1.29, 1.82) is 0 Å². The SMILES string of the molecule is COc1ccc(NS(=O)(=O)c2cccc(C(=O)N3c4ccccc4CC3C)c2)cc1. The zero-order valence-corrected chi connectivity index (χ0v) is 17.5. The van der Waals surface area contributed by atoms with Crippen LogP contribution in [0.1, 0.15) is 22.8 Å². The number of para-hydroxylation sites is 1. The lowest BCUT2D eigenvalue weighted by molar-refractivity contribution is 0.0981. The lowest BCUT2D eigenvalue weighted by atomic mass is 10.1. The summed E-state index contributed by atoms with van der Waals surface area (Å²) in [5.41, 5.74) is 2.73. The molecule has 1 atom stereocenters. The zero-order valence-electron chi connectivity index (χ0n) is 16.7. The molecule has 1 amide bonds. The number of sulfonamides is 1. The summed E-state index contributed by atoms with van der Waals surface area (Å²) < 4.78 is 33.3. The van der Waals surface area contributed by atoms with Crippen LogP contribution in [-0.2, 0) is 16.4 Å². The third-order valence-electron chi connectivity index (χ3n) is 5.16. The Morgan fingerprint density at radius 3 is 2.50 bits per heavy atom. The first kappa shape index (κ1) is 20.0. The molecule has 3 aromatic carbocycles. The van der Waals surface area contributed by atoms with Gasteiger partial charge in [0.15, 0.2) is 0 Å². The molecule has 0 bridgehead atoms. The first-order chi connectivity index (χ1) is 14.4. The lowest BCUT2D eigenvalue weighted by Crippen LogP contribution is -2.35. The van der Waals surface area contributed by atoms with Crippen molar-refractivity contribution in [2.24, 2.45) is 0 Å². The molecule has 1 heterocycles.